The molecule has 0 aliphatic rings. The van der Waals surface area contributed by atoms with E-state index in [1.807, 2.05) is 0 Å². The Labute approximate surface area is 568 Å². The van der Waals surface area contributed by atoms with Crippen molar-refractivity contribution in [2.24, 2.45) is 11.8 Å². The monoisotopic (exact) mass is 1370 g/mol. The molecule has 552 valence electrons. The molecule has 0 bridgehead atoms. The number of carbonyl (C=O) groups is 4. The maximum absolute atomic E-state index is 13.1. The average molecular weight is 1370 g/mol. The van der Waals surface area contributed by atoms with Crippen molar-refractivity contribution in [3.05, 3.63) is 0 Å². The first-order valence-corrected chi connectivity index (χ1v) is 41.5. The highest BCUT2D eigenvalue weighted by Gasteiger charge is 2.30. The summed E-state index contributed by atoms with van der Waals surface area (Å²) in [6, 6.07) is 0. The first-order valence-electron chi connectivity index (χ1n) is 38.5. The van der Waals surface area contributed by atoms with Gasteiger partial charge >= 0.3 is 39.5 Å². The molecule has 0 aromatic rings. The molecule has 5 atom stereocenters. The van der Waals surface area contributed by atoms with E-state index >= 15 is 0 Å². The van der Waals surface area contributed by atoms with Crippen LogP contribution in [0.5, 0.6) is 0 Å². The van der Waals surface area contributed by atoms with E-state index in [2.05, 4.69) is 41.5 Å². The first kappa shape index (κ1) is 91.1. The van der Waals surface area contributed by atoms with Crippen LogP contribution in [0.25, 0.3) is 0 Å². The minimum atomic E-state index is -4.95. The summed E-state index contributed by atoms with van der Waals surface area (Å²) in [6.45, 7) is 9.55. The summed E-state index contributed by atoms with van der Waals surface area (Å²) in [6.07, 6.45) is 52.7. The molecule has 0 aliphatic heterocycles. The number of carbonyl (C=O) groups excluding carboxylic acids is 4. The number of phosphoric ester groups is 2. The molecule has 93 heavy (non-hydrogen) atoms. The summed E-state index contributed by atoms with van der Waals surface area (Å²) < 4.78 is 68.4. The number of esters is 4. The number of rotatable bonds is 73. The molecule has 0 amide bonds. The largest absolute Gasteiger partial charge is 0.472 e. The van der Waals surface area contributed by atoms with Gasteiger partial charge in [0.25, 0.3) is 0 Å². The fraction of sp³-hybridized carbons (Fsp3) is 0.946. The Bertz CT molecular complexity index is 1800. The maximum atomic E-state index is 13.1. The quantitative estimate of drug-likeness (QED) is 0.0222. The lowest BCUT2D eigenvalue weighted by atomic mass is 10.0. The van der Waals surface area contributed by atoms with Crippen LogP contribution in [-0.4, -0.2) is 96.7 Å². The van der Waals surface area contributed by atoms with Gasteiger partial charge in [-0.25, -0.2) is 9.13 Å². The fourth-order valence-electron chi connectivity index (χ4n) is 11.3. The van der Waals surface area contributed by atoms with Crippen LogP contribution < -0.4 is 0 Å². The zero-order valence-corrected chi connectivity index (χ0v) is 62.3. The zero-order valence-electron chi connectivity index (χ0n) is 60.6. The van der Waals surface area contributed by atoms with E-state index in [1.165, 1.54) is 199 Å². The predicted molar refractivity (Wildman–Crippen MR) is 377 cm³/mol. The van der Waals surface area contributed by atoms with Gasteiger partial charge in [-0.2, -0.15) is 0 Å². The Balaban J connectivity index is 5.23. The predicted octanol–water partition coefficient (Wildman–Crippen LogP) is 21.6. The van der Waals surface area contributed by atoms with Crippen molar-refractivity contribution in [1.29, 1.82) is 0 Å². The lowest BCUT2D eigenvalue weighted by Gasteiger charge is -2.21. The highest BCUT2D eigenvalue weighted by atomic mass is 31.2. The Hall–Kier alpha value is -1.94. The fourth-order valence-corrected chi connectivity index (χ4v) is 12.9. The average Bonchev–Trinajstić information content (AvgIpc) is 2.09. The molecule has 0 saturated carbocycles. The number of aliphatic hydroxyl groups is 1. The molecule has 0 rings (SSSR count). The van der Waals surface area contributed by atoms with E-state index < -0.39 is 97.5 Å². The molecule has 0 radical (unpaired) electrons. The van der Waals surface area contributed by atoms with Crippen LogP contribution in [0.4, 0.5) is 0 Å². The van der Waals surface area contributed by atoms with Crippen LogP contribution in [0.1, 0.15) is 382 Å². The number of aliphatic hydroxyl groups excluding tert-OH is 1. The summed E-state index contributed by atoms with van der Waals surface area (Å²) in [5.74, 6) is -0.608. The molecule has 0 saturated heterocycles. The maximum Gasteiger partial charge on any atom is 0.472 e. The highest BCUT2D eigenvalue weighted by Crippen LogP contribution is 2.45. The van der Waals surface area contributed by atoms with Gasteiger partial charge in [0.05, 0.1) is 26.4 Å². The van der Waals surface area contributed by atoms with Gasteiger partial charge in [0.1, 0.15) is 19.3 Å². The number of unbranched alkanes of at least 4 members (excludes halogenated alkanes) is 43. The summed E-state index contributed by atoms with van der Waals surface area (Å²) in [7, 11) is -9.91. The molecule has 3 N–H and O–H groups in total. The Morgan fingerprint density at radius 2 is 0.495 bits per heavy atom. The molecular weight excluding hydrogens is 1220 g/mol. The van der Waals surface area contributed by atoms with Crippen LogP contribution in [0.15, 0.2) is 0 Å². The van der Waals surface area contributed by atoms with Crippen molar-refractivity contribution in [2.45, 2.75) is 400 Å². The minimum Gasteiger partial charge on any atom is -0.462 e. The van der Waals surface area contributed by atoms with Gasteiger partial charge in [0, 0.05) is 25.7 Å². The van der Waals surface area contributed by atoms with E-state index in [4.69, 9.17) is 37.0 Å². The molecule has 0 aliphatic carbocycles. The summed E-state index contributed by atoms with van der Waals surface area (Å²) >= 11 is 0. The van der Waals surface area contributed by atoms with E-state index in [1.54, 1.807) is 0 Å². The Morgan fingerprint density at radius 1 is 0.290 bits per heavy atom. The molecule has 17 nitrogen and oxygen atoms in total. The summed E-state index contributed by atoms with van der Waals surface area (Å²) in [5, 5.41) is 10.6. The van der Waals surface area contributed by atoms with E-state index in [0.29, 0.717) is 25.7 Å². The normalized spacial score (nSPS) is 14.1. The molecule has 19 heteroatoms. The van der Waals surface area contributed by atoms with Gasteiger partial charge in [-0.1, -0.05) is 330 Å². The van der Waals surface area contributed by atoms with Crippen molar-refractivity contribution in [1.82, 2.24) is 0 Å². The molecule has 0 spiro atoms. The minimum absolute atomic E-state index is 0.106. The van der Waals surface area contributed by atoms with Gasteiger partial charge < -0.3 is 33.8 Å². The van der Waals surface area contributed by atoms with Crippen LogP contribution in [-0.2, 0) is 65.4 Å². The van der Waals surface area contributed by atoms with Gasteiger partial charge in [-0.05, 0) is 37.5 Å². The van der Waals surface area contributed by atoms with E-state index in [0.717, 1.165) is 102 Å². The Morgan fingerprint density at radius 3 is 0.731 bits per heavy atom. The van der Waals surface area contributed by atoms with Crippen LogP contribution in [0.3, 0.4) is 0 Å². The standard InChI is InChI=1S/C74H144O17P2/c1-7-9-11-13-15-17-18-19-20-21-22-23-24-25-34-40-46-52-58-73(78)90-70(63-85-72(77)57-51-45-39-33-28-26-31-36-42-48-54-66(3)4)65-89-93(82,83)87-61-68(75)60-86-92(80,81)88-64-69(62-84-71(76)56-50-44-38-30-16-14-12-10-8-2)91-74(79)59-53-47-41-35-29-27-32-37-43-49-55-67(5)6/h66-70,75H,7-65H2,1-6H3,(H,80,81)(H,82,83)/t68-,69+,70+/m0/s1. The van der Waals surface area contributed by atoms with Gasteiger partial charge in [-0.15, -0.1) is 0 Å². The van der Waals surface area contributed by atoms with Crippen molar-refractivity contribution in [3.8, 4) is 0 Å². The smallest absolute Gasteiger partial charge is 0.462 e. The lowest BCUT2D eigenvalue weighted by molar-refractivity contribution is -0.161. The molecular formula is C74H144O17P2. The number of phosphoric acid groups is 2. The van der Waals surface area contributed by atoms with Crippen molar-refractivity contribution < 1.29 is 80.2 Å². The number of hydrogen-bond donors (Lipinski definition) is 3. The third kappa shape index (κ3) is 68.4. The van der Waals surface area contributed by atoms with Crippen LogP contribution in [0.2, 0.25) is 0 Å². The topological polar surface area (TPSA) is 237 Å². The second-order valence-corrected chi connectivity index (χ2v) is 30.5. The second kappa shape index (κ2) is 66.0. The SMILES string of the molecule is CCCCCCCCCCCCCCCCCCCCC(=O)O[C@H](COC(=O)CCCCCCCCCCCCC(C)C)COP(=O)(O)OC[C@@H](O)COP(=O)(O)OC[C@@H](COC(=O)CCCCCCCCCCC)OC(=O)CCCCCCCCCCCCC(C)C. The summed E-state index contributed by atoms with van der Waals surface area (Å²) in [4.78, 5) is 72.7. The molecule has 0 aromatic heterocycles. The van der Waals surface area contributed by atoms with E-state index in [-0.39, 0.29) is 25.7 Å². The van der Waals surface area contributed by atoms with Crippen molar-refractivity contribution >= 4 is 39.5 Å². The second-order valence-electron chi connectivity index (χ2n) is 27.6. The molecule has 0 heterocycles. The third-order valence-electron chi connectivity index (χ3n) is 17.2. The Kier molecular flexibility index (Phi) is 64.6. The summed E-state index contributed by atoms with van der Waals surface area (Å²) in [5.41, 5.74) is 0. The number of ether oxygens (including phenoxy) is 4. The van der Waals surface area contributed by atoms with Crippen molar-refractivity contribution in [3.63, 3.8) is 0 Å². The first-order chi connectivity index (χ1) is 44.9. The van der Waals surface area contributed by atoms with Gasteiger partial charge in [0.15, 0.2) is 12.2 Å². The van der Waals surface area contributed by atoms with Crippen LogP contribution in [0, 0.1) is 11.8 Å². The van der Waals surface area contributed by atoms with Gasteiger partial charge in [-0.3, -0.25) is 37.3 Å². The van der Waals surface area contributed by atoms with Crippen LogP contribution >= 0.6 is 15.6 Å². The third-order valence-corrected chi connectivity index (χ3v) is 19.1. The molecule has 2 unspecified atom stereocenters. The highest BCUT2D eigenvalue weighted by molar-refractivity contribution is 7.47. The number of hydrogen-bond acceptors (Lipinski definition) is 15. The van der Waals surface area contributed by atoms with E-state index in [9.17, 15) is 43.2 Å². The van der Waals surface area contributed by atoms with Gasteiger partial charge in [0.2, 0.25) is 0 Å². The molecule has 0 aromatic carbocycles. The lowest BCUT2D eigenvalue weighted by Crippen LogP contribution is -2.30. The van der Waals surface area contributed by atoms with Crippen molar-refractivity contribution in [2.75, 3.05) is 39.6 Å². The zero-order chi connectivity index (χ0) is 68.6. The molecule has 0 fully saturated rings.